The highest BCUT2D eigenvalue weighted by Gasteiger charge is 2.41. The van der Waals surface area contributed by atoms with Gasteiger partial charge in [-0.05, 0) is 18.2 Å². The van der Waals surface area contributed by atoms with Crippen molar-refractivity contribution in [1.82, 2.24) is 9.62 Å². The van der Waals surface area contributed by atoms with Gasteiger partial charge >= 0.3 is 0 Å². The first-order chi connectivity index (χ1) is 11.4. The smallest absolute Gasteiger partial charge is 0.245 e. The first kappa shape index (κ1) is 16.9. The van der Waals surface area contributed by atoms with Crippen LogP contribution in [0.15, 0.2) is 53.4 Å². The molecular weight excluding hydrogens is 355 g/mol. The van der Waals surface area contributed by atoms with Crippen molar-refractivity contribution in [2.45, 2.75) is 10.9 Å². The third-order valence-corrected chi connectivity index (χ3v) is 6.16. The molecule has 1 atom stereocenters. The van der Waals surface area contributed by atoms with Crippen molar-refractivity contribution >= 4 is 27.5 Å². The number of sulfonamides is 1. The molecule has 0 aromatic heterocycles. The molecule has 8 heteroatoms. The highest BCUT2D eigenvalue weighted by atomic mass is 35.5. The molecule has 0 radical (unpaired) electrons. The van der Waals surface area contributed by atoms with Crippen LogP contribution in [-0.4, -0.2) is 31.7 Å². The minimum atomic E-state index is -4.07. The lowest BCUT2D eigenvalue weighted by Gasteiger charge is -2.34. The molecule has 1 aliphatic rings. The number of nitrogens with zero attached hydrogens (tertiary/aromatic N) is 1. The van der Waals surface area contributed by atoms with Crippen molar-refractivity contribution in [3.8, 4) is 0 Å². The van der Waals surface area contributed by atoms with Crippen LogP contribution in [-0.2, 0) is 14.8 Å². The monoisotopic (exact) mass is 368 g/mol. The maximum atomic E-state index is 14.2. The molecule has 126 valence electrons. The molecule has 2 aromatic rings. The number of amides is 1. The molecule has 1 aliphatic heterocycles. The Kier molecular flexibility index (Phi) is 4.58. The second-order valence-electron chi connectivity index (χ2n) is 5.26. The lowest BCUT2D eigenvalue weighted by molar-refractivity contribution is -0.127. The Morgan fingerprint density at radius 2 is 1.79 bits per heavy atom. The van der Waals surface area contributed by atoms with Crippen LogP contribution in [0.3, 0.4) is 0 Å². The average molecular weight is 369 g/mol. The minimum Gasteiger partial charge on any atom is -0.353 e. The third-order valence-electron chi connectivity index (χ3n) is 3.79. The van der Waals surface area contributed by atoms with Crippen LogP contribution in [0.25, 0.3) is 0 Å². The maximum Gasteiger partial charge on any atom is 0.245 e. The van der Waals surface area contributed by atoms with E-state index in [-0.39, 0.29) is 28.6 Å². The van der Waals surface area contributed by atoms with Crippen molar-refractivity contribution in [1.29, 1.82) is 0 Å². The minimum absolute atomic E-state index is 0.00493. The van der Waals surface area contributed by atoms with Crippen LogP contribution in [0.5, 0.6) is 0 Å². The molecule has 0 bridgehead atoms. The fourth-order valence-electron chi connectivity index (χ4n) is 2.68. The van der Waals surface area contributed by atoms with Crippen LogP contribution in [0.2, 0.25) is 5.02 Å². The van der Waals surface area contributed by atoms with Crippen LogP contribution in [0, 0.1) is 5.82 Å². The standard InChI is InChI=1S/C16H14ClFN2O3S/c17-12-6-2-4-8-14(12)24(22,23)20-10-9-19-16(21)15(20)11-5-1-3-7-13(11)18/h1-8,15H,9-10H2,(H,19,21). The summed E-state index contributed by atoms with van der Waals surface area (Å²) in [7, 11) is -4.07. The largest absolute Gasteiger partial charge is 0.353 e. The van der Waals surface area contributed by atoms with E-state index >= 15 is 0 Å². The summed E-state index contributed by atoms with van der Waals surface area (Å²) in [6.07, 6.45) is 0. The average Bonchev–Trinajstić information content (AvgIpc) is 2.56. The van der Waals surface area contributed by atoms with Crippen molar-refractivity contribution < 1.29 is 17.6 Å². The molecule has 0 spiro atoms. The molecule has 5 nitrogen and oxygen atoms in total. The molecule has 0 aliphatic carbocycles. The van der Waals surface area contributed by atoms with E-state index in [1.807, 2.05) is 0 Å². The topological polar surface area (TPSA) is 66.5 Å². The number of rotatable bonds is 3. The van der Waals surface area contributed by atoms with E-state index in [1.54, 1.807) is 18.2 Å². The molecule has 2 aromatic carbocycles. The number of nitrogens with one attached hydrogen (secondary N) is 1. The van der Waals surface area contributed by atoms with Gasteiger partial charge in [-0.3, -0.25) is 4.79 Å². The Labute approximate surface area is 144 Å². The second-order valence-corrected chi connectivity index (χ2v) is 7.53. The molecule has 24 heavy (non-hydrogen) atoms. The van der Waals surface area contributed by atoms with E-state index < -0.39 is 27.8 Å². The van der Waals surface area contributed by atoms with E-state index in [9.17, 15) is 17.6 Å². The van der Waals surface area contributed by atoms with Crippen molar-refractivity contribution in [3.63, 3.8) is 0 Å². The Hall–Kier alpha value is -1.96. The fourth-order valence-corrected chi connectivity index (χ4v) is 4.74. The zero-order valence-electron chi connectivity index (χ0n) is 12.4. The van der Waals surface area contributed by atoms with Gasteiger partial charge in [0.05, 0.1) is 5.02 Å². The van der Waals surface area contributed by atoms with Gasteiger partial charge in [-0.15, -0.1) is 0 Å². The maximum absolute atomic E-state index is 14.2. The molecule has 1 unspecified atom stereocenters. The van der Waals surface area contributed by atoms with Gasteiger partial charge in [-0.2, -0.15) is 4.31 Å². The summed E-state index contributed by atoms with van der Waals surface area (Å²) in [5.41, 5.74) is 0.00493. The zero-order chi connectivity index (χ0) is 17.3. The summed E-state index contributed by atoms with van der Waals surface area (Å²) in [6.45, 7) is 0.172. The van der Waals surface area contributed by atoms with E-state index in [4.69, 9.17) is 11.6 Å². The molecule has 1 amide bonds. The molecule has 1 fully saturated rings. The Bertz CT molecular complexity index is 888. The Morgan fingerprint density at radius 1 is 1.12 bits per heavy atom. The van der Waals surface area contributed by atoms with Gasteiger partial charge in [0.1, 0.15) is 16.8 Å². The molecule has 1 heterocycles. The molecule has 1 N–H and O–H groups in total. The highest BCUT2D eigenvalue weighted by molar-refractivity contribution is 7.89. The summed E-state index contributed by atoms with van der Waals surface area (Å²) >= 11 is 6.01. The van der Waals surface area contributed by atoms with Crippen LogP contribution < -0.4 is 5.32 Å². The quantitative estimate of drug-likeness (QED) is 0.904. The van der Waals surface area contributed by atoms with E-state index in [2.05, 4.69) is 5.32 Å². The van der Waals surface area contributed by atoms with Gasteiger partial charge in [0.25, 0.3) is 0 Å². The van der Waals surface area contributed by atoms with Gasteiger partial charge in [-0.25, -0.2) is 12.8 Å². The predicted octanol–water partition coefficient (Wildman–Crippen LogP) is 2.34. The number of carbonyl (C=O) groups excluding carboxylic acids is 1. The molecular formula is C16H14ClFN2O3S. The first-order valence-corrected chi connectivity index (χ1v) is 9.03. The number of carbonyl (C=O) groups is 1. The number of piperazine rings is 1. The van der Waals surface area contributed by atoms with Crippen molar-refractivity contribution in [2.24, 2.45) is 0 Å². The predicted molar refractivity (Wildman–Crippen MR) is 87.5 cm³/mol. The summed E-state index contributed by atoms with van der Waals surface area (Å²) in [5.74, 6) is -1.21. The Morgan fingerprint density at radius 3 is 2.50 bits per heavy atom. The van der Waals surface area contributed by atoms with Gasteiger partial charge in [0.2, 0.25) is 15.9 Å². The van der Waals surface area contributed by atoms with Gasteiger partial charge in [-0.1, -0.05) is 41.9 Å². The van der Waals surface area contributed by atoms with Crippen LogP contribution >= 0.6 is 11.6 Å². The first-order valence-electron chi connectivity index (χ1n) is 7.21. The summed E-state index contributed by atoms with van der Waals surface area (Å²) in [6, 6.07) is 10.3. The van der Waals surface area contributed by atoms with Crippen molar-refractivity contribution in [2.75, 3.05) is 13.1 Å². The van der Waals surface area contributed by atoms with Crippen LogP contribution in [0.4, 0.5) is 4.39 Å². The van der Waals surface area contributed by atoms with E-state index in [0.717, 1.165) is 4.31 Å². The lowest BCUT2D eigenvalue weighted by atomic mass is 10.0. The fraction of sp³-hybridized carbons (Fsp3) is 0.188. The number of hydrogen-bond acceptors (Lipinski definition) is 3. The number of hydrogen-bond donors (Lipinski definition) is 1. The summed E-state index contributed by atoms with van der Waals surface area (Å²) < 4.78 is 41.1. The zero-order valence-corrected chi connectivity index (χ0v) is 14.0. The van der Waals surface area contributed by atoms with E-state index in [0.29, 0.717) is 0 Å². The number of benzene rings is 2. The molecule has 3 rings (SSSR count). The van der Waals surface area contributed by atoms with E-state index in [1.165, 1.54) is 30.3 Å². The van der Waals surface area contributed by atoms with Crippen LogP contribution in [0.1, 0.15) is 11.6 Å². The highest BCUT2D eigenvalue weighted by Crippen LogP contribution is 2.33. The third kappa shape index (κ3) is 2.90. The SMILES string of the molecule is O=C1NCCN(S(=O)(=O)c2ccccc2Cl)C1c1ccccc1F. The molecule has 0 saturated carbocycles. The van der Waals surface area contributed by atoms with Gasteiger partial charge < -0.3 is 5.32 Å². The van der Waals surface area contributed by atoms with Crippen molar-refractivity contribution in [3.05, 3.63) is 64.9 Å². The number of halogens is 2. The Balaban J connectivity index is 2.12. The normalized spacial score (nSPS) is 19.1. The summed E-state index contributed by atoms with van der Waals surface area (Å²) in [4.78, 5) is 12.2. The lowest BCUT2D eigenvalue weighted by Crippen LogP contribution is -2.52. The molecule has 1 saturated heterocycles. The summed E-state index contributed by atoms with van der Waals surface area (Å²) in [5, 5.41) is 2.63. The second kappa shape index (κ2) is 6.51. The van der Waals surface area contributed by atoms with Gasteiger partial charge in [0.15, 0.2) is 0 Å². The van der Waals surface area contributed by atoms with Gasteiger partial charge in [0, 0.05) is 18.7 Å².